The van der Waals surface area contributed by atoms with E-state index in [1.54, 1.807) is 24.3 Å². The molecule has 2 N–H and O–H groups in total. The van der Waals surface area contributed by atoms with E-state index in [0.717, 1.165) is 17.7 Å². The number of benzene rings is 3. The van der Waals surface area contributed by atoms with Crippen LogP contribution in [0.5, 0.6) is 5.75 Å². The van der Waals surface area contributed by atoms with Crippen LogP contribution in [0.3, 0.4) is 0 Å². The Kier molecular flexibility index (Phi) is 6.93. The number of carbonyl (C=O) groups is 1. The number of oxazole rings is 1. The van der Waals surface area contributed by atoms with E-state index in [4.69, 9.17) is 21.4 Å². The van der Waals surface area contributed by atoms with E-state index in [1.807, 2.05) is 31.2 Å². The number of amides is 1. The summed E-state index contributed by atoms with van der Waals surface area (Å²) in [6.45, 7) is 8.20. The van der Waals surface area contributed by atoms with Gasteiger partial charge in [0, 0.05) is 16.8 Å². The Balaban J connectivity index is 1.41. The lowest BCUT2D eigenvalue weighted by Gasteiger charge is -2.13. The molecule has 7 heteroatoms. The molecule has 4 rings (SSSR count). The lowest BCUT2D eigenvalue weighted by atomic mass is 10.1. The molecule has 0 unspecified atom stereocenters. The van der Waals surface area contributed by atoms with Crippen LogP contribution in [0.2, 0.25) is 0 Å². The molecule has 1 aromatic heterocycles. The van der Waals surface area contributed by atoms with E-state index in [1.165, 1.54) is 11.1 Å². The van der Waals surface area contributed by atoms with E-state index in [2.05, 4.69) is 48.5 Å². The summed E-state index contributed by atoms with van der Waals surface area (Å²) in [5, 5.41) is 5.94. The van der Waals surface area contributed by atoms with Crippen molar-refractivity contribution < 1.29 is 13.9 Å². The molecular weight excluding hydrogens is 446 g/mol. The van der Waals surface area contributed by atoms with Crippen LogP contribution in [0.4, 0.5) is 5.69 Å². The van der Waals surface area contributed by atoms with Crippen LogP contribution in [-0.2, 0) is 0 Å². The lowest BCUT2D eigenvalue weighted by molar-refractivity contribution is 0.0977. The first-order chi connectivity index (χ1) is 16.3. The zero-order valence-electron chi connectivity index (χ0n) is 19.6. The van der Waals surface area contributed by atoms with Gasteiger partial charge in [0.1, 0.15) is 11.3 Å². The van der Waals surface area contributed by atoms with E-state index < -0.39 is 0 Å². The molecule has 0 saturated heterocycles. The Hall–Kier alpha value is -3.71. The summed E-state index contributed by atoms with van der Waals surface area (Å²) >= 11 is 5.33. The Labute approximate surface area is 204 Å². The molecule has 0 radical (unpaired) electrons. The highest BCUT2D eigenvalue weighted by Gasteiger charge is 2.12. The number of fused-ring (bicyclic) bond motifs is 1. The zero-order valence-corrected chi connectivity index (χ0v) is 20.5. The third kappa shape index (κ3) is 5.43. The van der Waals surface area contributed by atoms with Gasteiger partial charge in [-0.25, -0.2) is 4.98 Å². The van der Waals surface area contributed by atoms with Gasteiger partial charge in [0.15, 0.2) is 10.7 Å². The number of thiocarbonyl (C=S) groups is 1. The van der Waals surface area contributed by atoms with E-state index in [0.29, 0.717) is 28.2 Å². The number of hydrogen-bond acceptors (Lipinski definition) is 5. The summed E-state index contributed by atoms with van der Waals surface area (Å²) in [5.41, 5.74) is 5.90. The van der Waals surface area contributed by atoms with Gasteiger partial charge in [0.25, 0.3) is 5.91 Å². The molecule has 0 bridgehead atoms. The average molecular weight is 474 g/mol. The van der Waals surface area contributed by atoms with Gasteiger partial charge in [0.05, 0.1) is 6.10 Å². The van der Waals surface area contributed by atoms with Crippen LogP contribution in [-0.4, -0.2) is 22.1 Å². The fraction of sp³-hybridized carbons (Fsp3) is 0.222. The highest BCUT2D eigenvalue weighted by Crippen LogP contribution is 2.27. The van der Waals surface area contributed by atoms with E-state index in [-0.39, 0.29) is 17.1 Å². The van der Waals surface area contributed by atoms with Gasteiger partial charge in [-0.1, -0.05) is 13.0 Å². The second kappa shape index (κ2) is 10.1. The number of hydrogen-bond donors (Lipinski definition) is 2. The minimum atomic E-state index is -0.299. The third-order valence-electron chi connectivity index (χ3n) is 5.66. The molecule has 0 saturated carbocycles. The van der Waals surface area contributed by atoms with Crippen molar-refractivity contribution in [3.05, 3.63) is 77.4 Å². The topological polar surface area (TPSA) is 76.4 Å². The van der Waals surface area contributed by atoms with Crippen LogP contribution >= 0.6 is 12.2 Å². The van der Waals surface area contributed by atoms with Gasteiger partial charge in [-0.15, -0.1) is 0 Å². The quantitative estimate of drug-likeness (QED) is 0.315. The molecule has 174 valence electrons. The summed E-state index contributed by atoms with van der Waals surface area (Å²) < 4.78 is 11.7. The molecule has 0 aliphatic rings. The molecule has 3 aromatic carbocycles. The highest BCUT2D eigenvalue weighted by atomic mass is 32.1. The smallest absolute Gasteiger partial charge is 0.257 e. The molecule has 1 amide bonds. The first kappa shape index (κ1) is 23.4. The van der Waals surface area contributed by atoms with Crippen molar-refractivity contribution in [3.8, 4) is 17.2 Å². The standard InChI is InChI=1S/C27H27N3O3S/c1-5-18(4)32-22-11-8-19(9-12-22)25(31)30-27(34)28-21-10-13-24-23(15-21)29-26(33-24)20-7-6-16(2)17(3)14-20/h6-15,18H,5H2,1-4H3,(H2,28,30,31,34)/t18-/m1/s1. The van der Waals surface area contributed by atoms with Gasteiger partial charge >= 0.3 is 0 Å². The van der Waals surface area contributed by atoms with Crippen LogP contribution in [0.25, 0.3) is 22.6 Å². The molecular formula is C27H27N3O3S. The molecule has 0 fully saturated rings. The Morgan fingerprint density at radius 3 is 2.53 bits per heavy atom. The summed E-state index contributed by atoms with van der Waals surface area (Å²) in [6.07, 6.45) is 1.03. The minimum absolute atomic E-state index is 0.121. The molecule has 0 aliphatic heterocycles. The van der Waals surface area contributed by atoms with Crippen LogP contribution in [0.1, 0.15) is 41.8 Å². The number of aryl methyl sites for hydroxylation is 2. The molecule has 4 aromatic rings. The highest BCUT2D eigenvalue weighted by molar-refractivity contribution is 7.80. The van der Waals surface area contributed by atoms with Crippen LogP contribution in [0, 0.1) is 13.8 Å². The number of anilines is 1. The summed E-state index contributed by atoms with van der Waals surface area (Å²) in [4.78, 5) is 17.2. The third-order valence-corrected chi connectivity index (χ3v) is 5.86. The van der Waals surface area contributed by atoms with Gasteiger partial charge < -0.3 is 14.5 Å². The maximum absolute atomic E-state index is 12.6. The van der Waals surface area contributed by atoms with Crippen molar-refractivity contribution in [2.45, 2.75) is 40.2 Å². The first-order valence-corrected chi connectivity index (χ1v) is 11.6. The van der Waals surface area contributed by atoms with Crippen LogP contribution < -0.4 is 15.4 Å². The van der Waals surface area contributed by atoms with E-state index >= 15 is 0 Å². The summed E-state index contributed by atoms with van der Waals surface area (Å²) in [5.74, 6) is 0.992. The van der Waals surface area contributed by atoms with Gasteiger partial charge in [-0.05, 0) is 105 Å². The van der Waals surface area contributed by atoms with Crippen molar-refractivity contribution in [2.24, 2.45) is 0 Å². The van der Waals surface area contributed by atoms with Crippen LogP contribution in [0.15, 0.2) is 65.1 Å². The molecule has 6 nitrogen and oxygen atoms in total. The average Bonchev–Trinajstić information content (AvgIpc) is 3.24. The Morgan fingerprint density at radius 2 is 1.82 bits per heavy atom. The summed E-state index contributed by atoms with van der Waals surface area (Å²) in [7, 11) is 0. The predicted octanol–water partition coefficient (Wildman–Crippen LogP) is 6.42. The first-order valence-electron chi connectivity index (χ1n) is 11.2. The zero-order chi connectivity index (χ0) is 24.2. The normalized spacial score (nSPS) is 11.8. The molecule has 1 atom stereocenters. The fourth-order valence-electron chi connectivity index (χ4n) is 3.34. The van der Waals surface area contributed by atoms with Crippen molar-refractivity contribution in [1.82, 2.24) is 10.3 Å². The SMILES string of the molecule is CC[C@@H](C)Oc1ccc(C(=O)NC(=S)Nc2ccc3oc(-c4ccc(C)c(C)c4)nc3c2)cc1. The summed E-state index contributed by atoms with van der Waals surface area (Å²) in [6, 6.07) is 18.6. The largest absolute Gasteiger partial charge is 0.491 e. The maximum atomic E-state index is 12.6. The number of ether oxygens (including phenoxy) is 1. The van der Waals surface area contributed by atoms with Crippen molar-refractivity contribution in [3.63, 3.8) is 0 Å². The predicted molar refractivity (Wildman–Crippen MR) is 139 cm³/mol. The van der Waals surface area contributed by atoms with Gasteiger partial charge in [-0.3, -0.25) is 10.1 Å². The van der Waals surface area contributed by atoms with Crippen molar-refractivity contribution in [1.29, 1.82) is 0 Å². The van der Waals surface area contributed by atoms with Crippen molar-refractivity contribution in [2.75, 3.05) is 5.32 Å². The lowest BCUT2D eigenvalue weighted by Crippen LogP contribution is -2.34. The van der Waals surface area contributed by atoms with E-state index in [9.17, 15) is 4.79 Å². The number of aromatic nitrogens is 1. The number of rotatable bonds is 6. The number of nitrogens with zero attached hydrogens (tertiary/aromatic N) is 1. The Morgan fingerprint density at radius 1 is 1.06 bits per heavy atom. The van der Waals surface area contributed by atoms with Gasteiger partial charge in [0.2, 0.25) is 5.89 Å². The fourth-order valence-corrected chi connectivity index (χ4v) is 3.55. The number of carbonyl (C=O) groups excluding carboxylic acids is 1. The molecule has 0 spiro atoms. The Bertz CT molecular complexity index is 1350. The van der Waals surface area contributed by atoms with Gasteiger partial charge in [-0.2, -0.15) is 0 Å². The monoisotopic (exact) mass is 473 g/mol. The molecule has 0 aliphatic carbocycles. The molecule has 34 heavy (non-hydrogen) atoms. The maximum Gasteiger partial charge on any atom is 0.257 e. The van der Waals surface area contributed by atoms with Crippen molar-refractivity contribution >= 4 is 40.0 Å². The number of nitrogens with one attached hydrogen (secondary N) is 2. The second-order valence-electron chi connectivity index (χ2n) is 8.27. The molecule has 1 heterocycles. The minimum Gasteiger partial charge on any atom is -0.491 e. The second-order valence-corrected chi connectivity index (χ2v) is 8.68.